The Balaban J connectivity index is 2.04. The van der Waals surface area contributed by atoms with E-state index in [1.54, 1.807) is 0 Å². The third-order valence-electron chi connectivity index (χ3n) is 4.09. The lowest BCUT2D eigenvalue weighted by atomic mass is 9.80. The quantitative estimate of drug-likeness (QED) is 0.817. The standard InChI is InChI=1S/C15H21ClN2S/c1-10-4-2-3-5-11(10)9-18-14-7-6-12(16)8-13(14)15(17)19/h6-8,10-11,18H,2-5,9H2,1H3,(H2,17,19). The van der Waals surface area contributed by atoms with Crippen LogP contribution in [0.4, 0.5) is 5.69 Å². The second-order valence-electron chi connectivity index (χ2n) is 5.46. The van der Waals surface area contributed by atoms with E-state index in [4.69, 9.17) is 29.6 Å². The summed E-state index contributed by atoms with van der Waals surface area (Å²) in [5, 5.41) is 4.16. The molecule has 0 heterocycles. The highest BCUT2D eigenvalue weighted by Crippen LogP contribution is 2.30. The molecule has 0 spiro atoms. The van der Waals surface area contributed by atoms with Gasteiger partial charge in [0.1, 0.15) is 4.99 Å². The first kappa shape index (κ1) is 14.6. The van der Waals surface area contributed by atoms with Crippen molar-refractivity contribution >= 4 is 34.5 Å². The van der Waals surface area contributed by atoms with Crippen LogP contribution in [0.25, 0.3) is 0 Å². The summed E-state index contributed by atoms with van der Waals surface area (Å²) >= 11 is 11.1. The minimum atomic E-state index is 0.390. The summed E-state index contributed by atoms with van der Waals surface area (Å²) in [6.45, 7) is 3.33. The van der Waals surface area contributed by atoms with Gasteiger partial charge in [0.15, 0.2) is 0 Å². The lowest BCUT2D eigenvalue weighted by Crippen LogP contribution is -2.25. The van der Waals surface area contributed by atoms with Crippen LogP contribution in [-0.2, 0) is 0 Å². The van der Waals surface area contributed by atoms with Gasteiger partial charge < -0.3 is 11.1 Å². The highest BCUT2D eigenvalue weighted by molar-refractivity contribution is 7.80. The van der Waals surface area contributed by atoms with E-state index in [-0.39, 0.29) is 0 Å². The summed E-state index contributed by atoms with van der Waals surface area (Å²) in [5.41, 5.74) is 7.59. The van der Waals surface area contributed by atoms with Gasteiger partial charge in [0, 0.05) is 22.8 Å². The lowest BCUT2D eigenvalue weighted by Gasteiger charge is -2.29. The summed E-state index contributed by atoms with van der Waals surface area (Å²) in [7, 11) is 0. The average Bonchev–Trinajstić information content (AvgIpc) is 2.38. The van der Waals surface area contributed by atoms with Crippen LogP contribution < -0.4 is 11.1 Å². The number of thiocarbonyl (C=S) groups is 1. The van der Waals surface area contributed by atoms with Crippen LogP contribution in [0.5, 0.6) is 0 Å². The third kappa shape index (κ3) is 3.83. The Morgan fingerprint density at radius 3 is 2.84 bits per heavy atom. The van der Waals surface area contributed by atoms with Gasteiger partial charge in [-0.1, -0.05) is 50.0 Å². The zero-order valence-electron chi connectivity index (χ0n) is 11.3. The van der Waals surface area contributed by atoms with Crippen molar-refractivity contribution in [2.45, 2.75) is 32.6 Å². The number of hydrogen-bond acceptors (Lipinski definition) is 2. The number of halogens is 1. The minimum Gasteiger partial charge on any atom is -0.389 e. The molecule has 104 valence electrons. The van der Waals surface area contributed by atoms with Crippen LogP contribution in [0.3, 0.4) is 0 Å². The van der Waals surface area contributed by atoms with Gasteiger partial charge in [-0.25, -0.2) is 0 Å². The first-order valence-electron chi connectivity index (χ1n) is 6.91. The molecule has 0 amide bonds. The van der Waals surface area contributed by atoms with Gasteiger partial charge in [-0.3, -0.25) is 0 Å². The van der Waals surface area contributed by atoms with Crippen LogP contribution in [0.1, 0.15) is 38.2 Å². The molecule has 1 aromatic carbocycles. The summed E-state index contributed by atoms with van der Waals surface area (Å²) in [5.74, 6) is 1.53. The van der Waals surface area contributed by atoms with E-state index in [1.165, 1.54) is 25.7 Å². The second kappa shape index (κ2) is 6.58. The third-order valence-corrected chi connectivity index (χ3v) is 4.55. The highest BCUT2D eigenvalue weighted by atomic mass is 35.5. The molecule has 0 saturated heterocycles. The molecule has 0 radical (unpaired) electrons. The zero-order chi connectivity index (χ0) is 13.8. The van der Waals surface area contributed by atoms with Gasteiger partial charge in [-0.05, 0) is 36.5 Å². The van der Waals surface area contributed by atoms with Crippen molar-refractivity contribution in [3.05, 3.63) is 28.8 Å². The lowest BCUT2D eigenvalue weighted by molar-refractivity contribution is 0.268. The van der Waals surface area contributed by atoms with Crippen molar-refractivity contribution in [3.63, 3.8) is 0 Å². The predicted molar refractivity (Wildman–Crippen MR) is 87.0 cm³/mol. The Morgan fingerprint density at radius 1 is 1.42 bits per heavy atom. The van der Waals surface area contributed by atoms with Gasteiger partial charge >= 0.3 is 0 Å². The van der Waals surface area contributed by atoms with Crippen molar-refractivity contribution in [3.8, 4) is 0 Å². The SMILES string of the molecule is CC1CCCCC1CNc1ccc(Cl)cc1C(N)=S. The number of benzene rings is 1. The minimum absolute atomic E-state index is 0.390. The molecule has 2 nitrogen and oxygen atoms in total. The number of nitrogens with two attached hydrogens (primary N) is 1. The Hall–Kier alpha value is -0.800. The first-order chi connectivity index (χ1) is 9.08. The van der Waals surface area contributed by atoms with Crippen LogP contribution in [0.15, 0.2) is 18.2 Å². The molecule has 0 bridgehead atoms. The molecule has 1 aliphatic rings. The molecule has 2 unspecified atom stereocenters. The van der Waals surface area contributed by atoms with Crippen molar-refractivity contribution in [1.82, 2.24) is 0 Å². The molecule has 1 saturated carbocycles. The molecular weight excluding hydrogens is 276 g/mol. The fourth-order valence-corrected chi connectivity index (χ4v) is 3.15. The maximum Gasteiger partial charge on any atom is 0.106 e. The van der Waals surface area contributed by atoms with Gasteiger partial charge in [-0.2, -0.15) is 0 Å². The fraction of sp³-hybridized carbons (Fsp3) is 0.533. The Morgan fingerprint density at radius 2 is 2.16 bits per heavy atom. The second-order valence-corrected chi connectivity index (χ2v) is 6.33. The predicted octanol–water partition coefficient (Wildman–Crippen LogP) is 4.21. The number of nitrogens with one attached hydrogen (secondary N) is 1. The normalized spacial score (nSPS) is 23.1. The Kier molecular flexibility index (Phi) is 5.06. The molecule has 2 rings (SSSR count). The van der Waals surface area contributed by atoms with E-state index in [9.17, 15) is 0 Å². The molecule has 19 heavy (non-hydrogen) atoms. The molecule has 1 aliphatic carbocycles. The molecule has 2 atom stereocenters. The van der Waals surface area contributed by atoms with E-state index in [0.29, 0.717) is 10.0 Å². The highest BCUT2D eigenvalue weighted by Gasteiger charge is 2.21. The monoisotopic (exact) mass is 296 g/mol. The molecule has 0 aliphatic heterocycles. The van der Waals surface area contributed by atoms with E-state index >= 15 is 0 Å². The van der Waals surface area contributed by atoms with Crippen molar-refractivity contribution in [2.24, 2.45) is 17.6 Å². The number of hydrogen-bond donors (Lipinski definition) is 2. The van der Waals surface area contributed by atoms with Gasteiger partial charge in [0.05, 0.1) is 0 Å². The van der Waals surface area contributed by atoms with Crippen LogP contribution >= 0.6 is 23.8 Å². The van der Waals surface area contributed by atoms with Gasteiger partial charge in [0.25, 0.3) is 0 Å². The maximum atomic E-state index is 5.99. The topological polar surface area (TPSA) is 38.0 Å². The Labute approximate surface area is 125 Å². The van der Waals surface area contributed by atoms with Gasteiger partial charge in [0.2, 0.25) is 0 Å². The molecular formula is C15H21ClN2S. The van der Waals surface area contributed by atoms with E-state index in [1.807, 2.05) is 18.2 Å². The van der Waals surface area contributed by atoms with E-state index < -0.39 is 0 Å². The first-order valence-corrected chi connectivity index (χ1v) is 7.70. The van der Waals surface area contributed by atoms with Crippen LogP contribution in [0, 0.1) is 11.8 Å². The summed E-state index contributed by atoms with van der Waals surface area (Å²) in [4.78, 5) is 0.390. The molecule has 0 aromatic heterocycles. The molecule has 3 N–H and O–H groups in total. The largest absolute Gasteiger partial charge is 0.389 e. The van der Waals surface area contributed by atoms with E-state index in [2.05, 4.69) is 12.2 Å². The smallest absolute Gasteiger partial charge is 0.106 e. The van der Waals surface area contributed by atoms with Crippen molar-refractivity contribution < 1.29 is 0 Å². The van der Waals surface area contributed by atoms with Crippen LogP contribution in [0.2, 0.25) is 5.02 Å². The van der Waals surface area contributed by atoms with Crippen LogP contribution in [-0.4, -0.2) is 11.5 Å². The maximum absolute atomic E-state index is 5.99. The Bertz CT molecular complexity index is 461. The van der Waals surface area contributed by atoms with Gasteiger partial charge in [-0.15, -0.1) is 0 Å². The summed E-state index contributed by atoms with van der Waals surface area (Å²) < 4.78 is 0. The summed E-state index contributed by atoms with van der Waals surface area (Å²) in [6.07, 6.45) is 5.37. The fourth-order valence-electron chi connectivity index (χ4n) is 2.81. The summed E-state index contributed by atoms with van der Waals surface area (Å²) in [6, 6.07) is 5.66. The number of rotatable bonds is 4. The van der Waals surface area contributed by atoms with E-state index in [0.717, 1.165) is 29.6 Å². The van der Waals surface area contributed by atoms with Crippen molar-refractivity contribution in [2.75, 3.05) is 11.9 Å². The number of anilines is 1. The molecule has 1 fully saturated rings. The van der Waals surface area contributed by atoms with Crippen molar-refractivity contribution in [1.29, 1.82) is 0 Å². The zero-order valence-corrected chi connectivity index (χ0v) is 12.9. The molecule has 1 aromatic rings. The molecule has 4 heteroatoms. The average molecular weight is 297 g/mol.